The molecule has 1 aromatic carbocycles. The molecule has 0 unspecified atom stereocenters. The van der Waals surface area contributed by atoms with Gasteiger partial charge in [-0.25, -0.2) is 19.3 Å². The predicted octanol–water partition coefficient (Wildman–Crippen LogP) is 2.17. The number of carbonyl (C=O) groups excluding carboxylic acids is 1. The number of nitrogen functional groups attached to an aromatic ring is 1. The molecule has 0 atom stereocenters. The van der Waals surface area contributed by atoms with Crippen molar-refractivity contribution < 1.29 is 9.18 Å². The van der Waals surface area contributed by atoms with Crippen molar-refractivity contribution in [1.82, 2.24) is 15.0 Å². The first-order chi connectivity index (χ1) is 12.6. The van der Waals surface area contributed by atoms with Crippen LogP contribution in [0.25, 0.3) is 0 Å². The molecule has 3 aromatic rings. The van der Waals surface area contributed by atoms with E-state index in [1.807, 2.05) is 0 Å². The van der Waals surface area contributed by atoms with E-state index < -0.39 is 0 Å². The summed E-state index contributed by atoms with van der Waals surface area (Å²) in [6.07, 6.45) is 4.65. The van der Waals surface area contributed by atoms with Gasteiger partial charge in [-0.3, -0.25) is 4.79 Å². The molecule has 0 fully saturated rings. The second-order valence-electron chi connectivity index (χ2n) is 5.32. The number of halogens is 1. The molecule has 0 spiro atoms. The first kappa shape index (κ1) is 17.0. The molecule has 0 bridgehead atoms. The molecule has 0 saturated heterocycles. The van der Waals surface area contributed by atoms with Crippen LogP contribution in [0, 0.1) is 17.7 Å². The maximum Gasteiger partial charge on any atom is 0.229 e. The second-order valence-corrected chi connectivity index (χ2v) is 5.32. The summed E-state index contributed by atoms with van der Waals surface area (Å²) in [4.78, 5) is 24.1. The van der Waals surface area contributed by atoms with Crippen LogP contribution in [0.5, 0.6) is 0 Å². The van der Waals surface area contributed by atoms with Crippen LogP contribution in [0.15, 0.2) is 55.0 Å². The minimum Gasteiger partial charge on any atom is -0.381 e. The Labute approximate surface area is 149 Å². The van der Waals surface area contributed by atoms with Crippen LogP contribution in [-0.2, 0) is 11.2 Å². The van der Waals surface area contributed by atoms with Crippen LogP contribution in [0.1, 0.15) is 16.8 Å². The Morgan fingerprint density at radius 2 is 1.81 bits per heavy atom. The lowest BCUT2D eigenvalue weighted by atomic mass is 10.1. The van der Waals surface area contributed by atoms with Crippen molar-refractivity contribution >= 4 is 17.5 Å². The van der Waals surface area contributed by atoms with E-state index in [0.29, 0.717) is 22.6 Å². The Morgan fingerprint density at radius 3 is 2.58 bits per heavy atom. The molecule has 0 saturated carbocycles. The van der Waals surface area contributed by atoms with E-state index in [4.69, 9.17) is 5.73 Å². The number of benzene rings is 1. The molecule has 3 N–H and O–H groups in total. The van der Waals surface area contributed by atoms with E-state index in [9.17, 15) is 9.18 Å². The second kappa shape index (κ2) is 7.85. The lowest BCUT2D eigenvalue weighted by molar-refractivity contribution is -0.115. The molecule has 128 valence electrons. The number of rotatable bonds is 3. The highest BCUT2D eigenvalue weighted by Gasteiger charge is 2.05. The van der Waals surface area contributed by atoms with E-state index in [1.54, 1.807) is 24.3 Å². The fourth-order valence-corrected chi connectivity index (χ4v) is 2.13. The number of aromatic nitrogens is 3. The van der Waals surface area contributed by atoms with Gasteiger partial charge in [0.15, 0.2) is 11.5 Å². The highest BCUT2D eigenvalue weighted by atomic mass is 19.1. The Balaban J connectivity index is 1.68. The minimum absolute atomic E-state index is 0.119. The van der Waals surface area contributed by atoms with Gasteiger partial charge in [-0.05, 0) is 35.7 Å². The summed E-state index contributed by atoms with van der Waals surface area (Å²) >= 11 is 0. The van der Waals surface area contributed by atoms with Gasteiger partial charge in [0.1, 0.15) is 11.6 Å². The zero-order chi connectivity index (χ0) is 18.4. The van der Waals surface area contributed by atoms with Gasteiger partial charge in [0.2, 0.25) is 5.91 Å². The third kappa shape index (κ3) is 4.61. The summed E-state index contributed by atoms with van der Waals surface area (Å²) in [5.41, 5.74) is 7.42. The number of hydrogen-bond acceptors (Lipinski definition) is 5. The van der Waals surface area contributed by atoms with Crippen LogP contribution >= 0.6 is 0 Å². The van der Waals surface area contributed by atoms with Gasteiger partial charge >= 0.3 is 0 Å². The molecule has 0 aliphatic rings. The van der Waals surface area contributed by atoms with Crippen LogP contribution in [-0.4, -0.2) is 20.9 Å². The summed E-state index contributed by atoms with van der Waals surface area (Å²) < 4.78 is 12.9. The number of pyridine rings is 1. The van der Waals surface area contributed by atoms with Crippen molar-refractivity contribution in [3.8, 4) is 11.8 Å². The maximum absolute atomic E-state index is 12.9. The lowest BCUT2D eigenvalue weighted by Crippen LogP contribution is -2.15. The van der Waals surface area contributed by atoms with Gasteiger partial charge in [0, 0.05) is 24.2 Å². The number of carbonyl (C=O) groups is 1. The highest BCUT2D eigenvalue weighted by molar-refractivity contribution is 5.91. The average molecular weight is 347 g/mol. The molecule has 0 aliphatic heterocycles. The number of nitrogens with two attached hydrogens (primary N) is 1. The fraction of sp³-hybridized carbons (Fsp3) is 0.0526. The number of nitrogens with zero attached hydrogens (tertiary/aromatic N) is 3. The third-order valence-electron chi connectivity index (χ3n) is 3.36. The maximum atomic E-state index is 12.9. The quantitative estimate of drug-likeness (QED) is 0.708. The molecular weight excluding hydrogens is 333 g/mol. The zero-order valence-electron chi connectivity index (χ0n) is 13.6. The van der Waals surface area contributed by atoms with Gasteiger partial charge in [0.25, 0.3) is 0 Å². The summed E-state index contributed by atoms with van der Waals surface area (Å²) in [5.74, 6) is 5.76. The van der Waals surface area contributed by atoms with Crippen molar-refractivity contribution in [2.24, 2.45) is 0 Å². The van der Waals surface area contributed by atoms with Gasteiger partial charge in [-0.1, -0.05) is 18.1 Å². The fourth-order valence-electron chi connectivity index (χ4n) is 2.13. The largest absolute Gasteiger partial charge is 0.381 e. The molecule has 2 aromatic heterocycles. The highest BCUT2D eigenvalue weighted by Crippen LogP contribution is 2.09. The number of anilines is 2. The summed E-state index contributed by atoms with van der Waals surface area (Å²) in [7, 11) is 0. The third-order valence-corrected chi connectivity index (χ3v) is 3.36. The molecule has 1 amide bonds. The first-order valence-electron chi connectivity index (χ1n) is 7.69. The first-order valence-corrected chi connectivity index (χ1v) is 7.69. The minimum atomic E-state index is -0.342. The Kier molecular flexibility index (Phi) is 5.15. The number of hydrogen-bond donors (Lipinski definition) is 2. The SMILES string of the molecule is Nc1nccnc1C#Cc1ccnc(NC(=O)Cc2ccc(F)cc2)c1. The monoisotopic (exact) mass is 347 g/mol. The van der Waals surface area contributed by atoms with Crippen LogP contribution in [0.4, 0.5) is 16.0 Å². The lowest BCUT2D eigenvalue weighted by Gasteiger charge is -2.05. The van der Waals surface area contributed by atoms with Crippen molar-refractivity contribution in [2.45, 2.75) is 6.42 Å². The molecule has 26 heavy (non-hydrogen) atoms. The van der Waals surface area contributed by atoms with Gasteiger partial charge < -0.3 is 11.1 Å². The van der Waals surface area contributed by atoms with Crippen molar-refractivity contribution in [1.29, 1.82) is 0 Å². The topological polar surface area (TPSA) is 93.8 Å². The standard InChI is InChI=1S/C19H14FN5O/c20-15-4-1-13(2-5-15)12-18(26)25-17-11-14(7-8-23-17)3-6-16-19(21)24-10-9-22-16/h1-2,4-5,7-11H,12H2,(H2,21,24)(H,23,25,26). The molecule has 0 aliphatic carbocycles. The van der Waals surface area contributed by atoms with Gasteiger partial charge in [-0.15, -0.1) is 0 Å². The Bertz CT molecular complexity index is 993. The zero-order valence-corrected chi connectivity index (χ0v) is 13.6. The van der Waals surface area contributed by atoms with E-state index in [-0.39, 0.29) is 24.0 Å². The van der Waals surface area contributed by atoms with E-state index in [1.165, 1.54) is 30.7 Å². The van der Waals surface area contributed by atoms with Crippen LogP contribution in [0.3, 0.4) is 0 Å². The Hall–Kier alpha value is -3.79. The molecule has 3 rings (SSSR count). The Morgan fingerprint density at radius 1 is 1.04 bits per heavy atom. The van der Waals surface area contributed by atoms with Crippen molar-refractivity contribution in [2.75, 3.05) is 11.1 Å². The molecule has 0 radical (unpaired) electrons. The summed E-state index contributed by atoms with van der Waals surface area (Å²) in [6, 6.07) is 9.10. The smallest absolute Gasteiger partial charge is 0.229 e. The molecule has 7 heteroatoms. The van der Waals surface area contributed by atoms with Crippen LogP contribution < -0.4 is 11.1 Å². The van der Waals surface area contributed by atoms with E-state index >= 15 is 0 Å². The summed E-state index contributed by atoms with van der Waals surface area (Å²) in [5, 5.41) is 2.69. The van der Waals surface area contributed by atoms with Gasteiger partial charge in [-0.2, -0.15) is 0 Å². The van der Waals surface area contributed by atoms with Crippen LogP contribution in [0.2, 0.25) is 0 Å². The van der Waals surface area contributed by atoms with Crippen molar-refractivity contribution in [3.63, 3.8) is 0 Å². The average Bonchev–Trinajstić information content (AvgIpc) is 2.63. The van der Waals surface area contributed by atoms with Gasteiger partial charge in [0.05, 0.1) is 6.42 Å². The number of amides is 1. The van der Waals surface area contributed by atoms with E-state index in [2.05, 4.69) is 32.1 Å². The van der Waals surface area contributed by atoms with Crippen molar-refractivity contribution in [3.05, 3.63) is 77.6 Å². The van der Waals surface area contributed by atoms with E-state index in [0.717, 1.165) is 0 Å². The predicted molar refractivity (Wildman–Crippen MR) is 95.4 cm³/mol. The molecule has 6 nitrogen and oxygen atoms in total. The molecular formula is C19H14FN5O. The summed E-state index contributed by atoms with van der Waals surface area (Å²) in [6.45, 7) is 0. The molecule has 2 heterocycles. The number of nitrogens with one attached hydrogen (secondary N) is 1. The normalized spacial score (nSPS) is 9.88.